The highest BCUT2D eigenvalue weighted by atomic mass is 16.2. The lowest BCUT2D eigenvalue weighted by Crippen LogP contribution is -2.69. The molecule has 1 heterocycles. The fraction of sp³-hybridized carbons (Fsp3) is 0.867. The molecule has 4 heteroatoms. The van der Waals surface area contributed by atoms with Gasteiger partial charge in [0.1, 0.15) is 5.54 Å². The van der Waals surface area contributed by atoms with E-state index in [0.29, 0.717) is 12.8 Å². The number of carbonyl (C=O) groups is 2. The molecule has 1 saturated heterocycles. The molecule has 2 aliphatic rings. The van der Waals surface area contributed by atoms with Crippen molar-refractivity contribution in [2.24, 2.45) is 0 Å². The Morgan fingerprint density at radius 2 is 1.68 bits per heavy atom. The van der Waals surface area contributed by atoms with E-state index < -0.39 is 5.54 Å². The van der Waals surface area contributed by atoms with Crippen LogP contribution in [-0.4, -0.2) is 34.8 Å². The Hall–Kier alpha value is -1.06. The average molecular weight is 266 g/mol. The maximum Gasteiger partial charge on any atom is 0.246 e. The van der Waals surface area contributed by atoms with Crippen molar-refractivity contribution in [2.45, 2.75) is 76.8 Å². The number of nitrogens with one attached hydrogen (secondary N) is 1. The maximum atomic E-state index is 12.4. The van der Waals surface area contributed by atoms with Crippen molar-refractivity contribution < 1.29 is 9.59 Å². The van der Waals surface area contributed by atoms with Gasteiger partial charge in [0.25, 0.3) is 0 Å². The molecule has 0 spiro atoms. The smallest absolute Gasteiger partial charge is 0.246 e. The number of amides is 2. The van der Waals surface area contributed by atoms with Crippen LogP contribution in [0.25, 0.3) is 0 Å². The summed E-state index contributed by atoms with van der Waals surface area (Å²) in [7, 11) is 0. The highest BCUT2D eigenvalue weighted by Crippen LogP contribution is 2.34. The average Bonchev–Trinajstić information content (AvgIpc) is 2.70. The van der Waals surface area contributed by atoms with Gasteiger partial charge in [0, 0.05) is 6.04 Å². The van der Waals surface area contributed by atoms with E-state index in [1.54, 1.807) is 0 Å². The molecule has 1 N–H and O–H groups in total. The summed E-state index contributed by atoms with van der Waals surface area (Å²) in [6, 6.07) is 0.265. The minimum absolute atomic E-state index is 0.0429. The molecule has 4 nitrogen and oxygen atoms in total. The first-order chi connectivity index (χ1) is 9.15. The number of carbonyl (C=O) groups excluding carboxylic acids is 2. The van der Waals surface area contributed by atoms with Crippen LogP contribution in [0.3, 0.4) is 0 Å². The predicted molar refractivity (Wildman–Crippen MR) is 74.7 cm³/mol. The molecule has 1 aliphatic heterocycles. The van der Waals surface area contributed by atoms with Gasteiger partial charge in [0.05, 0.1) is 6.54 Å². The summed E-state index contributed by atoms with van der Waals surface area (Å²) in [6.07, 6.45) is 8.40. The predicted octanol–water partition coefficient (Wildman–Crippen LogP) is 2.23. The van der Waals surface area contributed by atoms with Crippen molar-refractivity contribution in [3.05, 3.63) is 0 Å². The van der Waals surface area contributed by atoms with Crippen LogP contribution in [0.2, 0.25) is 0 Å². The Kier molecular flexibility index (Phi) is 4.48. The van der Waals surface area contributed by atoms with E-state index in [1.807, 2.05) is 18.7 Å². The number of nitrogens with zero attached hydrogens (tertiary/aromatic N) is 1. The standard InChI is InChI=1S/C15H26N2O2/c1-3-15(4-2)14(19)16-11-13(18)17(15)12-9-7-5-6-8-10-12/h12H,3-11H2,1-2H3,(H,16,19). The Bertz CT molecular complexity index is 342. The molecule has 0 aromatic rings. The second-order valence-corrected chi connectivity index (χ2v) is 5.83. The van der Waals surface area contributed by atoms with Crippen molar-refractivity contribution in [3.8, 4) is 0 Å². The molecule has 1 saturated carbocycles. The molecule has 0 aromatic carbocycles. The van der Waals surface area contributed by atoms with Crippen molar-refractivity contribution in [3.63, 3.8) is 0 Å². The molecular formula is C15H26N2O2. The van der Waals surface area contributed by atoms with Gasteiger partial charge in [-0.2, -0.15) is 0 Å². The van der Waals surface area contributed by atoms with E-state index in [9.17, 15) is 9.59 Å². The second-order valence-electron chi connectivity index (χ2n) is 5.83. The van der Waals surface area contributed by atoms with E-state index in [2.05, 4.69) is 5.32 Å². The quantitative estimate of drug-likeness (QED) is 0.796. The first-order valence-electron chi connectivity index (χ1n) is 7.76. The first kappa shape index (κ1) is 14.4. The van der Waals surface area contributed by atoms with Gasteiger partial charge in [-0.1, -0.05) is 39.5 Å². The molecular weight excluding hydrogens is 240 g/mol. The van der Waals surface area contributed by atoms with E-state index in [1.165, 1.54) is 25.7 Å². The number of hydrogen-bond acceptors (Lipinski definition) is 2. The van der Waals surface area contributed by atoms with Gasteiger partial charge in [0.2, 0.25) is 11.8 Å². The van der Waals surface area contributed by atoms with Crippen LogP contribution >= 0.6 is 0 Å². The van der Waals surface area contributed by atoms with E-state index in [0.717, 1.165) is 12.8 Å². The normalized spacial score (nSPS) is 25.1. The molecule has 2 amide bonds. The second kappa shape index (κ2) is 5.93. The first-order valence-corrected chi connectivity index (χ1v) is 7.76. The topological polar surface area (TPSA) is 49.4 Å². The van der Waals surface area contributed by atoms with Crippen molar-refractivity contribution in [1.29, 1.82) is 0 Å². The van der Waals surface area contributed by atoms with Crippen molar-refractivity contribution in [1.82, 2.24) is 10.2 Å². The Balaban J connectivity index is 2.30. The molecule has 108 valence electrons. The van der Waals surface area contributed by atoms with Gasteiger partial charge < -0.3 is 10.2 Å². The third-order valence-corrected chi connectivity index (χ3v) is 4.91. The van der Waals surface area contributed by atoms with Crippen molar-refractivity contribution in [2.75, 3.05) is 6.54 Å². The molecule has 0 aromatic heterocycles. The summed E-state index contributed by atoms with van der Waals surface area (Å²) >= 11 is 0. The minimum Gasteiger partial charge on any atom is -0.345 e. The van der Waals surface area contributed by atoms with Crippen LogP contribution in [0.4, 0.5) is 0 Å². The van der Waals surface area contributed by atoms with Gasteiger partial charge in [-0.25, -0.2) is 0 Å². The molecule has 1 aliphatic carbocycles. The van der Waals surface area contributed by atoms with Gasteiger partial charge in [-0.05, 0) is 25.7 Å². The zero-order valence-corrected chi connectivity index (χ0v) is 12.2. The summed E-state index contributed by atoms with van der Waals surface area (Å²) in [4.78, 5) is 26.7. The molecule has 19 heavy (non-hydrogen) atoms. The largest absolute Gasteiger partial charge is 0.345 e. The minimum atomic E-state index is -0.607. The van der Waals surface area contributed by atoms with E-state index >= 15 is 0 Å². The summed E-state index contributed by atoms with van der Waals surface area (Å²) < 4.78 is 0. The van der Waals surface area contributed by atoms with Gasteiger partial charge in [0.15, 0.2) is 0 Å². The summed E-state index contributed by atoms with van der Waals surface area (Å²) in [5.41, 5.74) is -0.607. The summed E-state index contributed by atoms with van der Waals surface area (Å²) in [5, 5.41) is 2.78. The summed E-state index contributed by atoms with van der Waals surface area (Å²) in [6.45, 7) is 4.22. The van der Waals surface area contributed by atoms with Crippen LogP contribution in [0, 0.1) is 0 Å². The van der Waals surface area contributed by atoms with E-state index in [4.69, 9.17) is 0 Å². The fourth-order valence-corrected chi connectivity index (χ4v) is 3.73. The third kappa shape index (κ3) is 2.49. The van der Waals surface area contributed by atoms with Crippen LogP contribution in [0.1, 0.15) is 65.2 Å². The fourth-order valence-electron chi connectivity index (χ4n) is 3.73. The highest BCUT2D eigenvalue weighted by molar-refractivity contribution is 5.98. The number of hydrogen-bond donors (Lipinski definition) is 1. The van der Waals surface area contributed by atoms with Crippen LogP contribution in [0.15, 0.2) is 0 Å². The lowest BCUT2D eigenvalue weighted by atomic mass is 9.84. The number of rotatable bonds is 3. The van der Waals surface area contributed by atoms with Crippen molar-refractivity contribution >= 4 is 11.8 Å². The third-order valence-electron chi connectivity index (χ3n) is 4.91. The monoisotopic (exact) mass is 266 g/mol. The van der Waals surface area contributed by atoms with Gasteiger partial charge in [-0.3, -0.25) is 9.59 Å². The van der Waals surface area contributed by atoms with Crippen LogP contribution in [-0.2, 0) is 9.59 Å². The number of piperazine rings is 1. The van der Waals surface area contributed by atoms with Crippen LogP contribution < -0.4 is 5.32 Å². The molecule has 2 fully saturated rings. The van der Waals surface area contributed by atoms with Crippen LogP contribution in [0.5, 0.6) is 0 Å². The zero-order valence-electron chi connectivity index (χ0n) is 12.2. The lowest BCUT2D eigenvalue weighted by molar-refractivity contribution is -0.158. The Morgan fingerprint density at radius 3 is 2.21 bits per heavy atom. The van der Waals surface area contributed by atoms with Gasteiger partial charge >= 0.3 is 0 Å². The molecule has 2 rings (SSSR count). The highest BCUT2D eigenvalue weighted by Gasteiger charge is 2.49. The maximum absolute atomic E-state index is 12.4. The lowest BCUT2D eigenvalue weighted by Gasteiger charge is -2.49. The Labute approximate surface area is 115 Å². The SMILES string of the molecule is CCC1(CC)C(=O)NCC(=O)N1C1CCCCCC1. The zero-order chi connectivity index (χ0) is 13.9. The van der Waals surface area contributed by atoms with Gasteiger partial charge in [-0.15, -0.1) is 0 Å². The Morgan fingerprint density at radius 1 is 1.11 bits per heavy atom. The molecule has 0 unspecified atom stereocenters. The molecule has 0 atom stereocenters. The molecule has 0 bridgehead atoms. The summed E-state index contributed by atoms with van der Waals surface area (Å²) in [5.74, 6) is 0.150. The molecule has 0 radical (unpaired) electrons. The van der Waals surface area contributed by atoms with E-state index in [-0.39, 0.29) is 24.4 Å².